The first-order chi connectivity index (χ1) is 8.62. The molecule has 1 fully saturated rings. The van der Waals surface area contributed by atoms with Crippen LogP contribution in [-0.4, -0.2) is 24.0 Å². The van der Waals surface area contributed by atoms with Crippen molar-refractivity contribution in [1.29, 1.82) is 0 Å². The lowest BCUT2D eigenvalue weighted by Crippen LogP contribution is -2.46. The molecular formula is C14H21N3O. The number of carbonyl (C=O) groups excluding carboxylic acids is 1. The fourth-order valence-electron chi connectivity index (χ4n) is 2.29. The molecule has 0 spiro atoms. The number of piperidine rings is 1. The molecule has 0 unspecified atom stereocenters. The van der Waals surface area contributed by atoms with Gasteiger partial charge in [-0.3, -0.25) is 9.78 Å². The molecule has 1 aliphatic heterocycles. The number of aromatic nitrogens is 1. The monoisotopic (exact) mass is 247 g/mol. The van der Waals surface area contributed by atoms with E-state index in [1.165, 1.54) is 0 Å². The van der Waals surface area contributed by atoms with Gasteiger partial charge < -0.3 is 10.6 Å². The zero-order valence-corrected chi connectivity index (χ0v) is 11.1. The maximum Gasteiger partial charge on any atom is 0.226 e. The molecule has 1 amide bonds. The molecule has 0 saturated carbocycles. The fraction of sp³-hybridized carbons (Fsp3) is 0.571. The molecule has 98 valence electrons. The molecule has 18 heavy (non-hydrogen) atoms. The number of hydrogen-bond donors (Lipinski definition) is 2. The van der Waals surface area contributed by atoms with Gasteiger partial charge >= 0.3 is 0 Å². The molecule has 1 aromatic rings. The van der Waals surface area contributed by atoms with Crippen LogP contribution in [0.5, 0.6) is 0 Å². The molecule has 0 aromatic carbocycles. The summed E-state index contributed by atoms with van der Waals surface area (Å²) in [6, 6.07) is 3.89. The highest BCUT2D eigenvalue weighted by Crippen LogP contribution is 2.29. The van der Waals surface area contributed by atoms with Gasteiger partial charge in [0.2, 0.25) is 5.91 Å². The summed E-state index contributed by atoms with van der Waals surface area (Å²) < 4.78 is 0. The highest BCUT2D eigenvalue weighted by Gasteiger charge is 2.35. The Hall–Kier alpha value is -1.42. The van der Waals surface area contributed by atoms with Crippen molar-refractivity contribution in [2.45, 2.75) is 32.7 Å². The average Bonchev–Trinajstić information content (AvgIpc) is 2.40. The summed E-state index contributed by atoms with van der Waals surface area (Å²) in [5.74, 6) is 0.153. The van der Waals surface area contributed by atoms with Crippen molar-refractivity contribution in [1.82, 2.24) is 15.6 Å². The van der Waals surface area contributed by atoms with Crippen LogP contribution >= 0.6 is 0 Å². The Morgan fingerprint density at radius 2 is 2.22 bits per heavy atom. The van der Waals surface area contributed by atoms with Crippen molar-refractivity contribution < 1.29 is 4.79 Å². The van der Waals surface area contributed by atoms with Crippen LogP contribution in [0.4, 0.5) is 0 Å². The predicted octanol–water partition coefficient (Wildman–Crippen LogP) is 1.65. The van der Waals surface area contributed by atoms with Gasteiger partial charge in [-0.15, -0.1) is 0 Å². The Labute approximate surface area is 108 Å². The van der Waals surface area contributed by atoms with Crippen LogP contribution in [0, 0.1) is 5.41 Å². The molecule has 0 bridgehead atoms. The molecule has 1 atom stereocenters. The quantitative estimate of drug-likeness (QED) is 0.854. The van der Waals surface area contributed by atoms with Gasteiger partial charge in [-0.2, -0.15) is 0 Å². The van der Waals surface area contributed by atoms with Crippen molar-refractivity contribution in [2.75, 3.05) is 13.1 Å². The van der Waals surface area contributed by atoms with Gasteiger partial charge in [0.05, 0.1) is 6.04 Å². The van der Waals surface area contributed by atoms with E-state index in [2.05, 4.69) is 22.5 Å². The summed E-state index contributed by atoms with van der Waals surface area (Å²) in [7, 11) is 0. The lowest BCUT2D eigenvalue weighted by Gasteiger charge is -2.33. The van der Waals surface area contributed by atoms with Gasteiger partial charge in [-0.05, 0) is 44.5 Å². The largest absolute Gasteiger partial charge is 0.349 e. The van der Waals surface area contributed by atoms with Gasteiger partial charge in [0.1, 0.15) is 0 Å². The van der Waals surface area contributed by atoms with Gasteiger partial charge in [-0.1, -0.05) is 13.0 Å². The Morgan fingerprint density at radius 1 is 1.50 bits per heavy atom. The molecule has 4 nitrogen and oxygen atoms in total. The highest BCUT2D eigenvalue weighted by molar-refractivity contribution is 5.82. The van der Waals surface area contributed by atoms with E-state index in [9.17, 15) is 4.79 Å². The standard InChI is InChI=1S/C14H21N3O/c1-11(12-4-3-7-16-10-12)17-13(18)14(2)5-8-15-9-6-14/h3-4,7,10-11,15H,5-6,8-9H2,1-2H3,(H,17,18)/t11-/m0/s1. The zero-order chi connectivity index (χ0) is 13.0. The number of amides is 1. The Kier molecular flexibility index (Phi) is 3.97. The van der Waals surface area contributed by atoms with E-state index < -0.39 is 0 Å². The summed E-state index contributed by atoms with van der Waals surface area (Å²) in [6.45, 7) is 5.90. The molecule has 2 rings (SSSR count). The van der Waals surface area contributed by atoms with Crippen LogP contribution in [0.15, 0.2) is 24.5 Å². The van der Waals surface area contributed by atoms with Crippen molar-refractivity contribution in [2.24, 2.45) is 5.41 Å². The second-order valence-corrected chi connectivity index (χ2v) is 5.29. The number of rotatable bonds is 3. The van der Waals surface area contributed by atoms with Gasteiger partial charge in [0.25, 0.3) is 0 Å². The molecule has 2 heterocycles. The topological polar surface area (TPSA) is 54.0 Å². The van der Waals surface area contributed by atoms with E-state index in [1.807, 2.05) is 19.1 Å². The van der Waals surface area contributed by atoms with Crippen LogP contribution in [0.2, 0.25) is 0 Å². The van der Waals surface area contributed by atoms with Gasteiger partial charge in [0.15, 0.2) is 0 Å². The molecule has 2 N–H and O–H groups in total. The SMILES string of the molecule is C[C@H](NC(=O)C1(C)CCNCC1)c1cccnc1. The summed E-state index contributed by atoms with van der Waals surface area (Å²) in [6.07, 6.45) is 5.35. The van der Waals surface area contributed by atoms with E-state index in [0.717, 1.165) is 31.5 Å². The first-order valence-corrected chi connectivity index (χ1v) is 6.53. The molecular weight excluding hydrogens is 226 g/mol. The fourth-order valence-corrected chi connectivity index (χ4v) is 2.29. The first-order valence-electron chi connectivity index (χ1n) is 6.53. The summed E-state index contributed by atoms with van der Waals surface area (Å²) in [4.78, 5) is 16.4. The normalized spacial score (nSPS) is 20.1. The van der Waals surface area contributed by atoms with E-state index in [0.29, 0.717) is 0 Å². The van der Waals surface area contributed by atoms with Gasteiger partial charge in [-0.25, -0.2) is 0 Å². The molecule has 0 radical (unpaired) electrons. The Bertz CT molecular complexity index is 399. The predicted molar refractivity (Wildman–Crippen MR) is 71.0 cm³/mol. The van der Waals surface area contributed by atoms with Crippen LogP contribution < -0.4 is 10.6 Å². The lowest BCUT2D eigenvalue weighted by molar-refractivity contribution is -0.132. The molecule has 4 heteroatoms. The number of pyridine rings is 1. The minimum atomic E-state index is -0.234. The van der Waals surface area contributed by atoms with Crippen molar-refractivity contribution in [3.63, 3.8) is 0 Å². The second-order valence-electron chi connectivity index (χ2n) is 5.29. The van der Waals surface area contributed by atoms with Crippen molar-refractivity contribution >= 4 is 5.91 Å². The third-order valence-electron chi connectivity index (χ3n) is 3.79. The van der Waals surface area contributed by atoms with Crippen molar-refractivity contribution in [3.8, 4) is 0 Å². The summed E-state index contributed by atoms with van der Waals surface area (Å²) in [5, 5.41) is 6.39. The number of nitrogens with one attached hydrogen (secondary N) is 2. The molecule has 1 aromatic heterocycles. The van der Waals surface area contributed by atoms with E-state index in [4.69, 9.17) is 0 Å². The van der Waals surface area contributed by atoms with Crippen LogP contribution in [-0.2, 0) is 4.79 Å². The first kappa shape index (κ1) is 13.0. The molecule has 0 aliphatic carbocycles. The smallest absolute Gasteiger partial charge is 0.226 e. The van der Waals surface area contributed by atoms with Crippen LogP contribution in [0.25, 0.3) is 0 Å². The lowest BCUT2D eigenvalue weighted by atomic mass is 9.80. The zero-order valence-electron chi connectivity index (χ0n) is 11.1. The van der Waals surface area contributed by atoms with Crippen LogP contribution in [0.3, 0.4) is 0 Å². The van der Waals surface area contributed by atoms with E-state index >= 15 is 0 Å². The number of nitrogens with zero attached hydrogens (tertiary/aromatic N) is 1. The summed E-state index contributed by atoms with van der Waals surface area (Å²) >= 11 is 0. The number of hydrogen-bond acceptors (Lipinski definition) is 3. The average molecular weight is 247 g/mol. The molecule has 1 aliphatic rings. The second kappa shape index (κ2) is 5.48. The summed E-state index contributed by atoms with van der Waals surface area (Å²) in [5.41, 5.74) is 0.810. The maximum absolute atomic E-state index is 12.3. The minimum Gasteiger partial charge on any atom is -0.349 e. The van der Waals surface area contributed by atoms with E-state index in [1.54, 1.807) is 12.4 Å². The maximum atomic E-state index is 12.3. The van der Waals surface area contributed by atoms with Gasteiger partial charge in [0, 0.05) is 17.8 Å². The van der Waals surface area contributed by atoms with E-state index in [-0.39, 0.29) is 17.4 Å². The Morgan fingerprint density at radius 3 is 2.83 bits per heavy atom. The third-order valence-corrected chi connectivity index (χ3v) is 3.79. The molecule has 1 saturated heterocycles. The van der Waals surface area contributed by atoms with Crippen molar-refractivity contribution in [3.05, 3.63) is 30.1 Å². The van der Waals surface area contributed by atoms with Crippen LogP contribution in [0.1, 0.15) is 38.3 Å². The Balaban J connectivity index is 1.98. The number of carbonyl (C=O) groups is 1. The highest BCUT2D eigenvalue weighted by atomic mass is 16.2. The third kappa shape index (κ3) is 2.88. The minimum absolute atomic E-state index is 0.0120.